The van der Waals surface area contributed by atoms with Crippen molar-refractivity contribution < 1.29 is 14.3 Å². The van der Waals surface area contributed by atoms with Crippen molar-refractivity contribution in [1.29, 1.82) is 0 Å². The summed E-state index contributed by atoms with van der Waals surface area (Å²) >= 11 is 0. The van der Waals surface area contributed by atoms with Gasteiger partial charge in [0.05, 0.1) is 31.7 Å². The van der Waals surface area contributed by atoms with Crippen molar-refractivity contribution >= 4 is 22.8 Å². The number of amides is 1. The van der Waals surface area contributed by atoms with Gasteiger partial charge >= 0.3 is 0 Å². The zero-order valence-corrected chi connectivity index (χ0v) is 21.1. The Labute approximate surface area is 215 Å². The Morgan fingerprint density at radius 3 is 2.41 bits per heavy atom. The number of carbonyl (C=O) groups is 1. The first kappa shape index (κ1) is 24.4. The van der Waals surface area contributed by atoms with Gasteiger partial charge in [-0.05, 0) is 54.3 Å². The number of fused-ring (bicyclic) bond motifs is 1. The van der Waals surface area contributed by atoms with E-state index in [4.69, 9.17) is 14.5 Å². The van der Waals surface area contributed by atoms with Crippen LogP contribution in [0.3, 0.4) is 0 Å². The summed E-state index contributed by atoms with van der Waals surface area (Å²) in [5.41, 5.74) is 2.79. The second-order valence-electron chi connectivity index (χ2n) is 9.09. The van der Waals surface area contributed by atoms with Gasteiger partial charge in [0.1, 0.15) is 0 Å². The average Bonchev–Trinajstić information content (AvgIpc) is 3.48. The van der Waals surface area contributed by atoms with Gasteiger partial charge in [-0.3, -0.25) is 14.2 Å². The van der Waals surface area contributed by atoms with E-state index in [2.05, 4.69) is 10.2 Å². The highest BCUT2D eigenvalue weighted by Crippen LogP contribution is 2.27. The SMILES string of the molecule is COc1ccc(CNC(=O)c2ccc3c(=O)n(Cc4ccccc4)c(N4CCCC4)nc3c2)cc1OC. The Kier molecular flexibility index (Phi) is 7.07. The zero-order valence-electron chi connectivity index (χ0n) is 21.1. The number of rotatable bonds is 8. The summed E-state index contributed by atoms with van der Waals surface area (Å²) in [5, 5.41) is 3.44. The van der Waals surface area contributed by atoms with Crippen LogP contribution < -0.4 is 25.2 Å². The molecule has 0 saturated carbocycles. The molecular formula is C29H30N4O4. The minimum absolute atomic E-state index is 0.104. The quantitative estimate of drug-likeness (QED) is 0.395. The van der Waals surface area contributed by atoms with Crippen LogP contribution in [-0.4, -0.2) is 42.8 Å². The van der Waals surface area contributed by atoms with E-state index in [0.29, 0.717) is 47.0 Å². The lowest BCUT2D eigenvalue weighted by atomic mass is 10.1. The molecular weight excluding hydrogens is 468 g/mol. The molecule has 1 N–H and O–H groups in total. The molecule has 1 aliphatic rings. The van der Waals surface area contributed by atoms with Gasteiger partial charge in [0.25, 0.3) is 11.5 Å². The second-order valence-corrected chi connectivity index (χ2v) is 9.09. The van der Waals surface area contributed by atoms with E-state index < -0.39 is 0 Å². The maximum Gasteiger partial charge on any atom is 0.263 e. The number of carbonyl (C=O) groups excluding carboxylic acids is 1. The number of aromatic nitrogens is 2. The van der Waals surface area contributed by atoms with Crippen LogP contribution in [0.2, 0.25) is 0 Å². The maximum absolute atomic E-state index is 13.6. The van der Waals surface area contributed by atoms with Crippen molar-refractivity contribution in [2.75, 3.05) is 32.2 Å². The van der Waals surface area contributed by atoms with E-state index in [1.165, 1.54) is 0 Å². The number of ether oxygens (including phenoxy) is 2. The smallest absolute Gasteiger partial charge is 0.263 e. The molecule has 1 fully saturated rings. The van der Waals surface area contributed by atoms with Crippen molar-refractivity contribution in [3.8, 4) is 11.5 Å². The summed E-state index contributed by atoms with van der Waals surface area (Å²) < 4.78 is 12.4. The molecule has 0 unspecified atom stereocenters. The van der Waals surface area contributed by atoms with Crippen molar-refractivity contribution in [2.45, 2.75) is 25.9 Å². The molecule has 0 radical (unpaired) electrons. The van der Waals surface area contributed by atoms with E-state index in [1.807, 2.05) is 42.5 Å². The lowest BCUT2D eigenvalue weighted by molar-refractivity contribution is 0.0951. The summed E-state index contributed by atoms with van der Waals surface area (Å²) in [6.07, 6.45) is 2.13. The monoisotopic (exact) mass is 498 g/mol. The molecule has 0 bridgehead atoms. The molecule has 8 nitrogen and oxygen atoms in total. The number of hydrogen-bond donors (Lipinski definition) is 1. The molecule has 5 rings (SSSR count). The highest BCUT2D eigenvalue weighted by molar-refractivity contribution is 5.97. The Bertz CT molecular complexity index is 1480. The van der Waals surface area contributed by atoms with Crippen LogP contribution in [0.25, 0.3) is 10.9 Å². The van der Waals surface area contributed by atoms with Crippen molar-refractivity contribution in [3.05, 3.63) is 93.8 Å². The molecule has 3 aromatic carbocycles. The molecule has 190 valence electrons. The number of nitrogens with one attached hydrogen (secondary N) is 1. The third kappa shape index (κ3) is 5.14. The van der Waals surface area contributed by atoms with E-state index in [9.17, 15) is 9.59 Å². The van der Waals surface area contributed by atoms with Crippen molar-refractivity contribution in [1.82, 2.24) is 14.9 Å². The Morgan fingerprint density at radius 2 is 1.68 bits per heavy atom. The van der Waals surface area contributed by atoms with Crippen LogP contribution in [0.5, 0.6) is 11.5 Å². The summed E-state index contributed by atoms with van der Waals surface area (Å²) in [6.45, 7) is 2.49. The minimum Gasteiger partial charge on any atom is -0.493 e. The summed E-state index contributed by atoms with van der Waals surface area (Å²) in [4.78, 5) is 33.6. The molecule has 1 amide bonds. The predicted octanol–water partition coefficient (Wildman–Crippen LogP) is 3.99. The molecule has 1 saturated heterocycles. The standard InChI is InChI=1S/C29H30N4O4/c1-36-25-13-10-21(16-26(25)37-2)18-30-27(34)22-11-12-23-24(17-22)31-29(32-14-6-7-15-32)33(28(23)35)19-20-8-4-3-5-9-20/h3-5,8-13,16-17H,6-7,14-15,18-19H2,1-2H3,(H,30,34). The van der Waals surface area contributed by atoms with Crippen LogP contribution in [-0.2, 0) is 13.1 Å². The van der Waals surface area contributed by atoms with Gasteiger partial charge in [0, 0.05) is 25.2 Å². The van der Waals surface area contributed by atoms with Crippen molar-refractivity contribution in [2.24, 2.45) is 0 Å². The van der Waals surface area contributed by atoms with Gasteiger partial charge in [0.15, 0.2) is 11.5 Å². The highest BCUT2D eigenvalue weighted by atomic mass is 16.5. The lowest BCUT2D eigenvalue weighted by Gasteiger charge is -2.22. The van der Waals surface area contributed by atoms with Crippen LogP contribution >= 0.6 is 0 Å². The molecule has 0 spiro atoms. The molecule has 2 heterocycles. The Hall–Kier alpha value is -4.33. The molecule has 0 aliphatic carbocycles. The third-order valence-electron chi connectivity index (χ3n) is 6.67. The fraction of sp³-hybridized carbons (Fsp3) is 0.276. The molecule has 0 atom stereocenters. The van der Waals surface area contributed by atoms with E-state index >= 15 is 0 Å². The predicted molar refractivity (Wildman–Crippen MR) is 144 cm³/mol. The van der Waals surface area contributed by atoms with Crippen LogP contribution in [0.1, 0.15) is 34.3 Å². The van der Waals surface area contributed by atoms with Gasteiger partial charge in [-0.15, -0.1) is 0 Å². The summed E-state index contributed by atoms with van der Waals surface area (Å²) in [5.74, 6) is 1.65. The van der Waals surface area contributed by atoms with E-state index in [1.54, 1.807) is 43.1 Å². The number of nitrogens with zero attached hydrogens (tertiary/aromatic N) is 3. The maximum atomic E-state index is 13.6. The van der Waals surface area contributed by atoms with Crippen LogP contribution in [0, 0.1) is 0 Å². The van der Waals surface area contributed by atoms with Gasteiger partial charge in [-0.25, -0.2) is 4.98 Å². The highest BCUT2D eigenvalue weighted by Gasteiger charge is 2.21. The van der Waals surface area contributed by atoms with Gasteiger partial charge in [-0.2, -0.15) is 0 Å². The van der Waals surface area contributed by atoms with E-state index in [-0.39, 0.29) is 11.5 Å². The average molecular weight is 499 g/mol. The van der Waals surface area contributed by atoms with Gasteiger partial charge in [-0.1, -0.05) is 36.4 Å². The van der Waals surface area contributed by atoms with Gasteiger partial charge < -0.3 is 19.7 Å². The van der Waals surface area contributed by atoms with Crippen LogP contribution in [0.4, 0.5) is 5.95 Å². The topological polar surface area (TPSA) is 85.7 Å². The first-order chi connectivity index (χ1) is 18.1. The summed E-state index contributed by atoms with van der Waals surface area (Å²) in [7, 11) is 3.16. The summed E-state index contributed by atoms with van der Waals surface area (Å²) in [6, 6.07) is 20.5. The molecule has 37 heavy (non-hydrogen) atoms. The molecule has 8 heteroatoms. The van der Waals surface area contributed by atoms with Crippen molar-refractivity contribution in [3.63, 3.8) is 0 Å². The lowest BCUT2D eigenvalue weighted by Crippen LogP contribution is -2.31. The third-order valence-corrected chi connectivity index (χ3v) is 6.67. The fourth-order valence-electron chi connectivity index (χ4n) is 4.69. The molecule has 1 aliphatic heterocycles. The molecule has 4 aromatic rings. The fourth-order valence-corrected chi connectivity index (χ4v) is 4.69. The largest absolute Gasteiger partial charge is 0.493 e. The first-order valence-corrected chi connectivity index (χ1v) is 12.4. The number of benzene rings is 3. The zero-order chi connectivity index (χ0) is 25.8. The number of methoxy groups -OCH3 is 2. The second kappa shape index (κ2) is 10.7. The van der Waals surface area contributed by atoms with Gasteiger partial charge in [0.2, 0.25) is 5.95 Å². The molecule has 1 aromatic heterocycles. The Morgan fingerprint density at radius 1 is 0.919 bits per heavy atom. The first-order valence-electron chi connectivity index (χ1n) is 12.4. The van der Waals surface area contributed by atoms with Crippen LogP contribution in [0.15, 0.2) is 71.5 Å². The normalized spacial score (nSPS) is 13.1. The minimum atomic E-state index is -0.241. The Balaban J connectivity index is 1.44. The number of anilines is 1. The van der Waals surface area contributed by atoms with E-state index in [0.717, 1.165) is 37.1 Å². The number of hydrogen-bond acceptors (Lipinski definition) is 6.